The van der Waals surface area contributed by atoms with Crippen molar-refractivity contribution < 1.29 is 24.2 Å². The third-order valence-electron chi connectivity index (χ3n) is 2.65. The number of carbonyl (C=O) groups excluding carboxylic acids is 2. The highest BCUT2D eigenvalue weighted by Gasteiger charge is 2.20. The van der Waals surface area contributed by atoms with E-state index < -0.39 is 23.9 Å². The number of carboxylic acids is 1. The minimum atomic E-state index is -1.18. The molecule has 110 valence electrons. The molecule has 1 aromatic heterocycles. The number of carboxylic acid groups (broad SMARTS) is 1. The topological polar surface area (TPSA) is 111 Å². The van der Waals surface area contributed by atoms with Gasteiger partial charge < -0.3 is 19.7 Å². The number of esters is 1. The maximum absolute atomic E-state index is 11.6. The van der Waals surface area contributed by atoms with Gasteiger partial charge in [0.15, 0.2) is 0 Å². The molecule has 0 aromatic carbocycles. The van der Waals surface area contributed by atoms with E-state index in [1.165, 1.54) is 7.11 Å². The number of aliphatic carboxylic acids is 1. The number of aromatic nitrogens is 2. The van der Waals surface area contributed by atoms with Gasteiger partial charge in [-0.05, 0) is 6.42 Å². The first kappa shape index (κ1) is 15.7. The van der Waals surface area contributed by atoms with Crippen molar-refractivity contribution in [1.29, 1.82) is 0 Å². The molecular weight excluding hydrogens is 266 g/mol. The van der Waals surface area contributed by atoms with Crippen LogP contribution in [-0.2, 0) is 25.7 Å². The Morgan fingerprint density at radius 2 is 2.15 bits per heavy atom. The van der Waals surface area contributed by atoms with Gasteiger partial charge in [-0.15, -0.1) is 0 Å². The van der Waals surface area contributed by atoms with Crippen LogP contribution in [0.3, 0.4) is 0 Å². The second-order valence-electron chi connectivity index (χ2n) is 4.12. The number of hydrogen-bond donors (Lipinski definition) is 2. The maximum Gasteiger partial charge on any atom is 0.326 e. The molecule has 1 rings (SSSR count). The quantitative estimate of drug-likeness (QED) is 0.639. The third kappa shape index (κ3) is 5.51. The number of methoxy groups -OCH3 is 1. The van der Waals surface area contributed by atoms with Gasteiger partial charge in [-0.25, -0.2) is 9.78 Å². The van der Waals surface area contributed by atoms with Gasteiger partial charge in [0.1, 0.15) is 6.04 Å². The highest BCUT2D eigenvalue weighted by atomic mass is 16.5. The number of imidazole rings is 1. The van der Waals surface area contributed by atoms with Gasteiger partial charge in [0.05, 0.1) is 13.4 Å². The van der Waals surface area contributed by atoms with E-state index in [1.807, 2.05) is 0 Å². The number of aryl methyl sites for hydroxylation is 1. The van der Waals surface area contributed by atoms with Crippen molar-refractivity contribution in [2.45, 2.75) is 31.8 Å². The van der Waals surface area contributed by atoms with Crippen molar-refractivity contribution in [3.63, 3.8) is 0 Å². The van der Waals surface area contributed by atoms with Crippen LogP contribution in [0.25, 0.3) is 0 Å². The molecule has 0 aliphatic carbocycles. The Hall–Kier alpha value is -2.38. The summed E-state index contributed by atoms with van der Waals surface area (Å²) < 4.78 is 6.14. The van der Waals surface area contributed by atoms with Crippen molar-refractivity contribution in [1.82, 2.24) is 14.9 Å². The molecule has 0 spiro atoms. The molecule has 1 amide bonds. The second kappa shape index (κ2) is 7.93. The zero-order valence-electron chi connectivity index (χ0n) is 11.1. The number of hydrogen-bond acceptors (Lipinski definition) is 5. The van der Waals surface area contributed by atoms with Crippen molar-refractivity contribution in [3.8, 4) is 0 Å². The van der Waals surface area contributed by atoms with E-state index in [0.717, 1.165) is 0 Å². The lowest BCUT2D eigenvalue weighted by molar-refractivity contribution is -0.144. The smallest absolute Gasteiger partial charge is 0.326 e. The molecule has 0 radical (unpaired) electrons. The molecule has 0 unspecified atom stereocenters. The summed E-state index contributed by atoms with van der Waals surface area (Å²) in [6, 6.07) is -1.09. The highest BCUT2D eigenvalue weighted by molar-refractivity contribution is 5.83. The van der Waals surface area contributed by atoms with Crippen LogP contribution < -0.4 is 5.32 Å². The van der Waals surface area contributed by atoms with Crippen molar-refractivity contribution in [2.24, 2.45) is 0 Å². The molecule has 8 heteroatoms. The van der Waals surface area contributed by atoms with Crippen molar-refractivity contribution >= 4 is 17.8 Å². The average molecular weight is 283 g/mol. The van der Waals surface area contributed by atoms with Crippen LogP contribution in [0.2, 0.25) is 0 Å². The normalized spacial score (nSPS) is 11.7. The van der Waals surface area contributed by atoms with Crippen molar-refractivity contribution in [2.75, 3.05) is 7.11 Å². The van der Waals surface area contributed by atoms with E-state index in [2.05, 4.69) is 15.0 Å². The first-order chi connectivity index (χ1) is 9.52. The number of carbonyl (C=O) groups is 3. The highest BCUT2D eigenvalue weighted by Crippen LogP contribution is 2.01. The molecule has 0 aliphatic rings. The SMILES string of the molecule is COC(=O)CC[C@@H](NC(=O)CCn1ccnc1)C(=O)O. The Kier molecular flexibility index (Phi) is 6.21. The first-order valence-corrected chi connectivity index (χ1v) is 6.07. The van der Waals surface area contributed by atoms with E-state index in [1.54, 1.807) is 23.3 Å². The second-order valence-corrected chi connectivity index (χ2v) is 4.12. The van der Waals surface area contributed by atoms with Crippen LogP contribution in [0.4, 0.5) is 0 Å². The molecule has 0 bridgehead atoms. The predicted octanol–water partition coefficient (Wildman–Crippen LogP) is -0.204. The molecule has 0 fully saturated rings. The number of amides is 1. The summed E-state index contributed by atoms with van der Waals surface area (Å²) in [7, 11) is 1.22. The third-order valence-corrected chi connectivity index (χ3v) is 2.65. The number of ether oxygens (including phenoxy) is 1. The minimum absolute atomic E-state index is 0.00117. The predicted molar refractivity (Wildman–Crippen MR) is 67.7 cm³/mol. The zero-order valence-corrected chi connectivity index (χ0v) is 11.1. The van der Waals surface area contributed by atoms with Crippen LogP contribution >= 0.6 is 0 Å². The fraction of sp³-hybridized carbons (Fsp3) is 0.500. The van der Waals surface area contributed by atoms with Gasteiger partial charge >= 0.3 is 11.9 Å². The van der Waals surface area contributed by atoms with Crippen LogP contribution in [-0.4, -0.2) is 45.7 Å². The summed E-state index contributed by atoms with van der Waals surface area (Å²) in [5, 5.41) is 11.4. The van der Waals surface area contributed by atoms with E-state index in [-0.39, 0.29) is 19.3 Å². The van der Waals surface area contributed by atoms with Gasteiger partial charge in [0, 0.05) is 31.8 Å². The lowest BCUT2D eigenvalue weighted by atomic mass is 10.1. The minimum Gasteiger partial charge on any atom is -0.480 e. The molecule has 1 atom stereocenters. The molecule has 1 heterocycles. The summed E-state index contributed by atoms with van der Waals surface area (Å²) in [6.07, 6.45) is 4.94. The van der Waals surface area contributed by atoms with E-state index >= 15 is 0 Å². The Bertz CT molecular complexity index is 458. The fourth-order valence-corrected chi connectivity index (χ4v) is 1.54. The van der Waals surface area contributed by atoms with Crippen LogP contribution in [0.15, 0.2) is 18.7 Å². The standard InChI is InChI=1S/C12H17N3O5/c1-20-11(17)3-2-9(12(18)19)14-10(16)4-6-15-7-5-13-8-15/h5,7-9H,2-4,6H2,1H3,(H,14,16)(H,18,19)/t9-/m1/s1. The van der Waals surface area contributed by atoms with Crippen LogP contribution in [0.1, 0.15) is 19.3 Å². The summed E-state index contributed by atoms with van der Waals surface area (Å²) in [5.41, 5.74) is 0. The summed E-state index contributed by atoms with van der Waals surface area (Å²) in [5.74, 6) is -2.08. The molecule has 8 nitrogen and oxygen atoms in total. The number of rotatable bonds is 8. The molecule has 20 heavy (non-hydrogen) atoms. The Morgan fingerprint density at radius 3 is 2.70 bits per heavy atom. The molecule has 0 saturated carbocycles. The average Bonchev–Trinajstić information content (AvgIpc) is 2.93. The lowest BCUT2D eigenvalue weighted by Gasteiger charge is -2.14. The Balaban J connectivity index is 2.38. The lowest BCUT2D eigenvalue weighted by Crippen LogP contribution is -2.41. The summed E-state index contributed by atoms with van der Waals surface area (Å²) >= 11 is 0. The van der Waals surface area contributed by atoms with Gasteiger partial charge in [-0.1, -0.05) is 0 Å². The van der Waals surface area contributed by atoms with Gasteiger partial charge in [0.2, 0.25) is 5.91 Å². The molecule has 2 N–H and O–H groups in total. The summed E-state index contributed by atoms with van der Waals surface area (Å²) in [4.78, 5) is 37.4. The van der Waals surface area contributed by atoms with E-state index in [0.29, 0.717) is 6.54 Å². The number of nitrogens with one attached hydrogen (secondary N) is 1. The van der Waals surface area contributed by atoms with Gasteiger partial charge in [0.25, 0.3) is 0 Å². The molecule has 0 saturated heterocycles. The summed E-state index contributed by atoms with van der Waals surface area (Å²) in [6.45, 7) is 0.412. The first-order valence-electron chi connectivity index (χ1n) is 6.07. The Labute approximate surface area is 115 Å². The van der Waals surface area contributed by atoms with Gasteiger partial charge in [-0.2, -0.15) is 0 Å². The zero-order chi connectivity index (χ0) is 15.0. The van der Waals surface area contributed by atoms with Crippen LogP contribution in [0, 0.1) is 0 Å². The molecule has 0 aliphatic heterocycles. The van der Waals surface area contributed by atoms with Crippen LogP contribution in [0.5, 0.6) is 0 Å². The molecule has 1 aromatic rings. The largest absolute Gasteiger partial charge is 0.480 e. The van der Waals surface area contributed by atoms with Crippen molar-refractivity contribution in [3.05, 3.63) is 18.7 Å². The van der Waals surface area contributed by atoms with Gasteiger partial charge in [-0.3, -0.25) is 9.59 Å². The monoisotopic (exact) mass is 283 g/mol. The number of nitrogens with zero attached hydrogens (tertiary/aromatic N) is 2. The molecular formula is C12H17N3O5. The maximum atomic E-state index is 11.6. The fourth-order valence-electron chi connectivity index (χ4n) is 1.54. The van der Waals surface area contributed by atoms with E-state index in [9.17, 15) is 14.4 Å². The Morgan fingerprint density at radius 1 is 1.40 bits per heavy atom. The van der Waals surface area contributed by atoms with E-state index in [4.69, 9.17) is 5.11 Å².